The predicted octanol–water partition coefficient (Wildman–Crippen LogP) is 3.98. The van der Waals surface area contributed by atoms with Crippen LogP contribution in [-0.4, -0.2) is 69.6 Å². The molecular weight excluding hydrogens is 491 g/mol. The Morgan fingerprint density at radius 3 is 2.32 bits per heavy atom. The summed E-state index contributed by atoms with van der Waals surface area (Å²) in [6, 6.07) is 12.2. The van der Waals surface area contributed by atoms with Crippen LogP contribution in [0.15, 0.2) is 54.6 Å². The molecule has 2 aromatic rings. The summed E-state index contributed by atoms with van der Waals surface area (Å²) in [6.45, 7) is 2.01. The van der Waals surface area contributed by atoms with Crippen molar-refractivity contribution in [3.63, 3.8) is 0 Å². The van der Waals surface area contributed by atoms with Gasteiger partial charge in [0.15, 0.2) is 0 Å². The molecule has 0 bridgehead atoms. The summed E-state index contributed by atoms with van der Waals surface area (Å²) < 4.78 is 64.7. The van der Waals surface area contributed by atoms with Gasteiger partial charge in [-0.2, -0.15) is 13.2 Å². The predicted molar refractivity (Wildman–Crippen MR) is 127 cm³/mol. The topological polar surface area (TPSA) is 60.9 Å². The zero-order valence-electron chi connectivity index (χ0n) is 18.5. The Balaban J connectivity index is 1.64. The van der Waals surface area contributed by atoms with Gasteiger partial charge in [0.1, 0.15) is 6.54 Å². The van der Waals surface area contributed by atoms with E-state index in [2.05, 4.69) is 4.90 Å². The number of alkyl halides is 3. The van der Waals surface area contributed by atoms with E-state index in [0.717, 1.165) is 24.0 Å². The first-order valence-corrected chi connectivity index (χ1v) is 12.7. The number of hydrogen-bond donors (Lipinski definition) is 0. The maximum Gasteiger partial charge on any atom is 0.416 e. The van der Waals surface area contributed by atoms with Crippen LogP contribution in [0.2, 0.25) is 5.02 Å². The number of benzene rings is 2. The second kappa shape index (κ2) is 10.8. The highest BCUT2D eigenvalue weighted by molar-refractivity contribution is 7.92. The third-order valence-electron chi connectivity index (χ3n) is 5.42. The molecule has 11 heteroatoms. The van der Waals surface area contributed by atoms with E-state index in [0.29, 0.717) is 43.1 Å². The van der Waals surface area contributed by atoms with Crippen molar-refractivity contribution in [2.24, 2.45) is 0 Å². The molecule has 0 atom stereocenters. The molecule has 34 heavy (non-hydrogen) atoms. The van der Waals surface area contributed by atoms with Crippen LogP contribution < -0.4 is 4.31 Å². The van der Waals surface area contributed by atoms with Gasteiger partial charge in [-0.05, 0) is 23.8 Å². The van der Waals surface area contributed by atoms with E-state index in [1.807, 2.05) is 42.5 Å². The summed E-state index contributed by atoms with van der Waals surface area (Å²) in [7, 11) is -4.07. The van der Waals surface area contributed by atoms with Gasteiger partial charge in [0.25, 0.3) is 0 Å². The van der Waals surface area contributed by atoms with Gasteiger partial charge >= 0.3 is 6.18 Å². The number of halogens is 4. The number of anilines is 1. The number of nitrogens with zero attached hydrogens (tertiary/aromatic N) is 3. The minimum Gasteiger partial charge on any atom is -0.339 e. The summed E-state index contributed by atoms with van der Waals surface area (Å²) in [5, 5.41) is -0.193. The van der Waals surface area contributed by atoms with Crippen molar-refractivity contribution in [3.05, 3.63) is 70.8 Å². The molecule has 1 heterocycles. The van der Waals surface area contributed by atoms with Gasteiger partial charge < -0.3 is 4.90 Å². The van der Waals surface area contributed by atoms with Crippen LogP contribution in [0.5, 0.6) is 0 Å². The minimum atomic E-state index is -4.68. The fraction of sp³-hybridized carbons (Fsp3) is 0.348. The monoisotopic (exact) mass is 515 g/mol. The molecule has 0 radical (unpaired) electrons. The molecule has 1 amide bonds. The second-order valence-electron chi connectivity index (χ2n) is 7.93. The highest BCUT2D eigenvalue weighted by atomic mass is 35.5. The Morgan fingerprint density at radius 1 is 1.09 bits per heavy atom. The molecule has 0 unspecified atom stereocenters. The molecule has 0 aliphatic carbocycles. The van der Waals surface area contributed by atoms with Crippen molar-refractivity contribution in [2.45, 2.75) is 6.18 Å². The lowest BCUT2D eigenvalue weighted by Crippen LogP contribution is -2.51. The van der Waals surface area contributed by atoms with Gasteiger partial charge in [-0.1, -0.05) is 54.1 Å². The zero-order chi connectivity index (χ0) is 24.9. The highest BCUT2D eigenvalue weighted by Gasteiger charge is 2.33. The molecule has 0 N–H and O–H groups in total. The SMILES string of the molecule is CS(=O)(=O)N(CC(=O)N1CCN(C/C=C/c2ccccc2)CC1)c1cc(C(F)(F)F)ccc1Cl. The van der Waals surface area contributed by atoms with Crippen LogP contribution in [0.4, 0.5) is 18.9 Å². The summed E-state index contributed by atoms with van der Waals surface area (Å²) in [6.07, 6.45) is 0.194. The normalized spacial score (nSPS) is 15.6. The maximum absolute atomic E-state index is 13.1. The number of piperazine rings is 1. The first kappa shape index (κ1) is 26.1. The van der Waals surface area contributed by atoms with Gasteiger partial charge in [-0.3, -0.25) is 14.0 Å². The van der Waals surface area contributed by atoms with Crippen molar-refractivity contribution in [2.75, 3.05) is 49.8 Å². The van der Waals surface area contributed by atoms with Crippen LogP contribution in [0.3, 0.4) is 0 Å². The molecule has 3 rings (SSSR count). The first-order valence-electron chi connectivity index (χ1n) is 10.5. The third-order valence-corrected chi connectivity index (χ3v) is 6.87. The van der Waals surface area contributed by atoms with E-state index in [9.17, 15) is 26.4 Å². The van der Waals surface area contributed by atoms with Crippen LogP contribution in [-0.2, 0) is 21.0 Å². The maximum atomic E-state index is 13.1. The largest absolute Gasteiger partial charge is 0.416 e. The van der Waals surface area contributed by atoms with Crippen molar-refractivity contribution >= 4 is 39.3 Å². The third kappa shape index (κ3) is 6.97. The van der Waals surface area contributed by atoms with Gasteiger partial charge in [0, 0.05) is 32.7 Å². The van der Waals surface area contributed by atoms with Crippen LogP contribution in [0.25, 0.3) is 6.08 Å². The van der Waals surface area contributed by atoms with Gasteiger partial charge in [-0.25, -0.2) is 8.42 Å². The number of carbonyl (C=O) groups excluding carboxylic acids is 1. The molecule has 184 valence electrons. The highest BCUT2D eigenvalue weighted by Crippen LogP contribution is 2.36. The number of carbonyl (C=O) groups is 1. The lowest BCUT2D eigenvalue weighted by atomic mass is 10.2. The minimum absolute atomic E-state index is 0.193. The van der Waals surface area contributed by atoms with E-state index in [1.54, 1.807) is 0 Å². The second-order valence-corrected chi connectivity index (χ2v) is 10.2. The van der Waals surface area contributed by atoms with Gasteiger partial charge in [0.2, 0.25) is 15.9 Å². The van der Waals surface area contributed by atoms with E-state index >= 15 is 0 Å². The van der Waals surface area contributed by atoms with Crippen LogP contribution >= 0.6 is 11.6 Å². The molecule has 2 aromatic carbocycles. The van der Waals surface area contributed by atoms with E-state index in [-0.39, 0.29) is 10.7 Å². The summed E-state index contributed by atoms with van der Waals surface area (Å²) in [5.41, 5.74) is -0.340. The van der Waals surface area contributed by atoms with Crippen molar-refractivity contribution < 1.29 is 26.4 Å². The summed E-state index contributed by atoms with van der Waals surface area (Å²) in [4.78, 5) is 16.5. The quantitative estimate of drug-likeness (QED) is 0.559. The van der Waals surface area contributed by atoms with E-state index < -0.39 is 34.2 Å². The van der Waals surface area contributed by atoms with Crippen molar-refractivity contribution in [1.29, 1.82) is 0 Å². The average Bonchev–Trinajstić information content (AvgIpc) is 2.77. The molecule has 0 saturated carbocycles. The van der Waals surface area contributed by atoms with Gasteiger partial charge in [0.05, 0.1) is 22.5 Å². The zero-order valence-corrected chi connectivity index (χ0v) is 20.1. The van der Waals surface area contributed by atoms with Crippen molar-refractivity contribution in [1.82, 2.24) is 9.80 Å². The van der Waals surface area contributed by atoms with Crippen molar-refractivity contribution in [3.8, 4) is 0 Å². The molecule has 1 saturated heterocycles. The Kier molecular flexibility index (Phi) is 8.27. The number of sulfonamides is 1. The fourth-order valence-corrected chi connectivity index (χ4v) is 4.69. The smallest absolute Gasteiger partial charge is 0.339 e. The number of hydrogen-bond acceptors (Lipinski definition) is 4. The fourth-order valence-electron chi connectivity index (χ4n) is 3.57. The Labute approximate surface area is 202 Å². The molecule has 6 nitrogen and oxygen atoms in total. The standard InChI is InChI=1S/C23H25ClF3N3O3S/c1-34(32,33)30(21-16-19(23(25,26)27)9-10-20(21)24)17-22(31)29-14-12-28(13-15-29)11-5-8-18-6-3-2-4-7-18/h2-10,16H,11-15,17H2,1H3/b8-5+. The first-order chi connectivity index (χ1) is 15.9. The number of amides is 1. The molecule has 0 spiro atoms. The molecule has 1 fully saturated rings. The molecule has 1 aliphatic rings. The average molecular weight is 516 g/mol. The summed E-state index contributed by atoms with van der Waals surface area (Å²) >= 11 is 6.02. The Hall–Kier alpha value is -2.56. The molecular formula is C23H25ClF3N3O3S. The lowest BCUT2D eigenvalue weighted by Gasteiger charge is -2.35. The Morgan fingerprint density at radius 2 is 1.74 bits per heavy atom. The Bertz CT molecular complexity index is 1130. The van der Waals surface area contributed by atoms with E-state index in [4.69, 9.17) is 11.6 Å². The molecule has 1 aliphatic heterocycles. The van der Waals surface area contributed by atoms with Gasteiger partial charge in [-0.15, -0.1) is 0 Å². The van der Waals surface area contributed by atoms with E-state index in [1.165, 1.54) is 4.90 Å². The summed E-state index contributed by atoms with van der Waals surface area (Å²) in [5.74, 6) is -0.501. The van der Waals surface area contributed by atoms with Crippen LogP contribution in [0.1, 0.15) is 11.1 Å². The molecule has 0 aromatic heterocycles. The number of rotatable bonds is 7. The lowest BCUT2D eigenvalue weighted by molar-refractivity contribution is -0.137. The van der Waals surface area contributed by atoms with Crippen LogP contribution in [0, 0.1) is 0 Å².